The highest BCUT2D eigenvalue weighted by molar-refractivity contribution is 4.99. The summed E-state index contributed by atoms with van der Waals surface area (Å²) in [5.74, 6) is -5.26. The highest BCUT2D eigenvalue weighted by atomic mass is 19.3. The Balaban J connectivity index is 2.93. The van der Waals surface area contributed by atoms with Gasteiger partial charge in [-0.3, -0.25) is 5.10 Å². The number of alkyl halides is 4. The number of aromatic nitrogens is 3. The van der Waals surface area contributed by atoms with E-state index in [1.165, 1.54) is 0 Å². The van der Waals surface area contributed by atoms with Crippen molar-refractivity contribution >= 4 is 0 Å². The van der Waals surface area contributed by atoms with Crippen LogP contribution in [0.2, 0.25) is 0 Å². The molecular formula is C6H7F4N3. The molecule has 0 radical (unpaired) electrons. The summed E-state index contributed by atoms with van der Waals surface area (Å²) in [6, 6.07) is 0. The van der Waals surface area contributed by atoms with Gasteiger partial charge in [-0.05, 0) is 0 Å². The summed E-state index contributed by atoms with van der Waals surface area (Å²) in [7, 11) is 0. The van der Waals surface area contributed by atoms with Crippen LogP contribution in [0.5, 0.6) is 0 Å². The van der Waals surface area contributed by atoms with E-state index in [2.05, 4.69) is 15.2 Å². The molecular weight excluding hydrogens is 190 g/mol. The molecule has 7 heteroatoms. The van der Waals surface area contributed by atoms with Crippen LogP contribution >= 0.6 is 0 Å². The number of rotatable bonds is 3. The summed E-state index contributed by atoms with van der Waals surface area (Å²) in [6.45, 7) is 1.64. The maximum Gasteiger partial charge on any atom is 0.367 e. The van der Waals surface area contributed by atoms with Gasteiger partial charge >= 0.3 is 12.3 Å². The van der Waals surface area contributed by atoms with Crippen LogP contribution in [-0.4, -0.2) is 21.6 Å². The van der Waals surface area contributed by atoms with Gasteiger partial charge in [0.05, 0.1) is 0 Å². The molecule has 1 N–H and O–H groups in total. The van der Waals surface area contributed by atoms with Crippen molar-refractivity contribution in [2.24, 2.45) is 0 Å². The van der Waals surface area contributed by atoms with Gasteiger partial charge in [0.2, 0.25) is 5.82 Å². The van der Waals surface area contributed by atoms with E-state index in [0.717, 1.165) is 0 Å². The largest absolute Gasteiger partial charge is 0.367 e. The maximum atomic E-state index is 12.5. The van der Waals surface area contributed by atoms with E-state index in [-0.39, 0.29) is 5.82 Å². The first-order chi connectivity index (χ1) is 5.98. The summed E-state index contributed by atoms with van der Waals surface area (Å²) in [5.41, 5.74) is 0. The Labute approximate surface area is 71.2 Å². The highest BCUT2D eigenvalue weighted by Crippen LogP contribution is 2.31. The SMILES string of the molecule is CCc1nc(C(F)(F)C(F)F)n[nH]1. The van der Waals surface area contributed by atoms with E-state index in [1.807, 2.05) is 0 Å². The van der Waals surface area contributed by atoms with Crippen LogP contribution < -0.4 is 0 Å². The van der Waals surface area contributed by atoms with Gasteiger partial charge in [-0.1, -0.05) is 6.92 Å². The number of aryl methyl sites for hydroxylation is 1. The quantitative estimate of drug-likeness (QED) is 0.749. The minimum absolute atomic E-state index is 0.162. The minimum atomic E-state index is -4.27. The van der Waals surface area contributed by atoms with Gasteiger partial charge < -0.3 is 0 Å². The predicted octanol–water partition coefficient (Wildman–Crippen LogP) is 1.72. The second-order valence-corrected chi connectivity index (χ2v) is 2.38. The molecule has 0 bridgehead atoms. The zero-order valence-electron chi connectivity index (χ0n) is 6.69. The second-order valence-electron chi connectivity index (χ2n) is 2.38. The van der Waals surface area contributed by atoms with E-state index in [9.17, 15) is 17.6 Å². The molecule has 0 saturated carbocycles. The minimum Gasteiger partial charge on any atom is -0.263 e. The maximum absolute atomic E-state index is 12.5. The lowest BCUT2D eigenvalue weighted by Crippen LogP contribution is -2.25. The Kier molecular flexibility index (Phi) is 2.53. The van der Waals surface area contributed by atoms with E-state index < -0.39 is 18.2 Å². The number of hydrogen-bond donors (Lipinski definition) is 1. The van der Waals surface area contributed by atoms with E-state index in [1.54, 1.807) is 6.92 Å². The molecule has 1 rings (SSSR count). The Bertz CT molecular complexity index is 283. The molecule has 1 aromatic heterocycles. The monoisotopic (exact) mass is 197 g/mol. The number of nitrogens with one attached hydrogen (secondary N) is 1. The third-order valence-electron chi connectivity index (χ3n) is 1.44. The highest BCUT2D eigenvalue weighted by Gasteiger charge is 2.46. The van der Waals surface area contributed by atoms with Crippen molar-refractivity contribution in [1.29, 1.82) is 0 Å². The van der Waals surface area contributed by atoms with Crippen molar-refractivity contribution in [3.05, 3.63) is 11.6 Å². The normalized spacial score (nSPS) is 12.5. The van der Waals surface area contributed by atoms with Crippen LogP contribution in [0, 0.1) is 0 Å². The Morgan fingerprint density at radius 3 is 2.46 bits per heavy atom. The van der Waals surface area contributed by atoms with Crippen molar-refractivity contribution in [2.45, 2.75) is 25.7 Å². The average molecular weight is 197 g/mol. The molecule has 0 amide bonds. The van der Waals surface area contributed by atoms with E-state index in [4.69, 9.17) is 0 Å². The van der Waals surface area contributed by atoms with E-state index in [0.29, 0.717) is 6.42 Å². The molecule has 0 aliphatic heterocycles. The smallest absolute Gasteiger partial charge is 0.263 e. The molecule has 0 atom stereocenters. The van der Waals surface area contributed by atoms with Gasteiger partial charge in [0.1, 0.15) is 5.82 Å². The lowest BCUT2D eigenvalue weighted by molar-refractivity contribution is -0.140. The molecule has 1 aromatic rings. The number of halogens is 4. The van der Waals surface area contributed by atoms with Crippen molar-refractivity contribution in [3.63, 3.8) is 0 Å². The van der Waals surface area contributed by atoms with Crippen molar-refractivity contribution < 1.29 is 17.6 Å². The fourth-order valence-electron chi connectivity index (χ4n) is 0.700. The number of hydrogen-bond acceptors (Lipinski definition) is 2. The van der Waals surface area contributed by atoms with Crippen LogP contribution in [0.15, 0.2) is 0 Å². The Morgan fingerprint density at radius 1 is 1.46 bits per heavy atom. The first-order valence-electron chi connectivity index (χ1n) is 3.56. The fraction of sp³-hybridized carbons (Fsp3) is 0.667. The van der Waals surface area contributed by atoms with Crippen LogP contribution in [0.1, 0.15) is 18.6 Å². The summed E-state index contributed by atoms with van der Waals surface area (Å²) >= 11 is 0. The molecule has 0 fully saturated rings. The average Bonchev–Trinajstić information content (AvgIpc) is 2.51. The summed E-state index contributed by atoms with van der Waals surface area (Å²) in [5, 5.41) is 5.16. The predicted molar refractivity (Wildman–Crippen MR) is 35.7 cm³/mol. The molecule has 74 valence electrons. The first kappa shape index (κ1) is 9.94. The van der Waals surface area contributed by atoms with Crippen molar-refractivity contribution in [3.8, 4) is 0 Å². The lowest BCUT2D eigenvalue weighted by atomic mass is 10.3. The number of H-pyrrole nitrogens is 1. The van der Waals surface area contributed by atoms with Crippen LogP contribution in [0.25, 0.3) is 0 Å². The fourth-order valence-corrected chi connectivity index (χ4v) is 0.700. The molecule has 0 unspecified atom stereocenters. The topological polar surface area (TPSA) is 41.6 Å². The second kappa shape index (κ2) is 3.31. The third-order valence-corrected chi connectivity index (χ3v) is 1.44. The zero-order chi connectivity index (χ0) is 10.1. The molecule has 0 aromatic carbocycles. The van der Waals surface area contributed by atoms with Gasteiger partial charge in [0, 0.05) is 6.42 Å². The standard InChI is InChI=1S/C6H7F4N3/c1-2-3-11-5(13-12-3)6(9,10)4(7)8/h4H,2H2,1H3,(H,11,12,13). The van der Waals surface area contributed by atoms with Gasteiger partial charge in [-0.15, -0.1) is 0 Å². The molecule has 13 heavy (non-hydrogen) atoms. The van der Waals surface area contributed by atoms with Gasteiger partial charge in [0.15, 0.2) is 0 Å². The molecule has 0 aliphatic rings. The van der Waals surface area contributed by atoms with E-state index >= 15 is 0 Å². The summed E-state index contributed by atoms with van der Waals surface area (Å²) in [4.78, 5) is 3.22. The van der Waals surface area contributed by atoms with Crippen molar-refractivity contribution in [1.82, 2.24) is 15.2 Å². The molecule has 3 nitrogen and oxygen atoms in total. The third kappa shape index (κ3) is 1.78. The number of nitrogens with zero attached hydrogens (tertiary/aromatic N) is 2. The Morgan fingerprint density at radius 2 is 2.08 bits per heavy atom. The first-order valence-corrected chi connectivity index (χ1v) is 3.56. The molecule has 1 heterocycles. The summed E-state index contributed by atoms with van der Waals surface area (Å²) in [6.07, 6.45) is -3.44. The van der Waals surface area contributed by atoms with Gasteiger partial charge in [-0.25, -0.2) is 13.8 Å². The zero-order valence-corrected chi connectivity index (χ0v) is 6.69. The van der Waals surface area contributed by atoms with Crippen molar-refractivity contribution in [2.75, 3.05) is 0 Å². The summed E-state index contributed by atoms with van der Waals surface area (Å²) < 4.78 is 48.6. The van der Waals surface area contributed by atoms with Gasteiger partial charge in [0.25, 0.3) is 0 Å². The molecule has 0 aliphatic carbocycles. The Hall–Kier alpha value is -1.14. The van der Waals surface area contributed by atoms with Crippen LogP contribution in [0.3, 0.4) is 0 Å². The number of aromatic amines is 1. The molecule has 0 spiro atoms. The lowest BCUT2D eigenvalue weighted by Gasteiger charge is -2.09. The molecule has 0 saturated heterocycles. The van der Waals surface area contributed by atoms with Crippen LogP contribution in [-0.2, 0) is 12.3 Å². The van der Waals surface area contributed by atoms with Crippen LogP contribution in [0.4, 0.5) is 17.6 Å². The van der Waals surface area contributed by atoms with Gasteiger partial charge in [-0.2, -0.15) is 13.9 Å².